The van der Waals surface area contributed by atoms with Gasteiger partial charge in [0, 0.05) is 5.56 Å². The first-order chi connectivity index (χ1) is 12.3. The molecule has 0 amide bonds. The van der Waals surface area contributed by atoms with Gasteiger partial charge in [0.2, 0.25) is 10.0 Å². The van der Waals surface area contributed by atoms with Gasteiger partial charge in [-0.3, -0.25) is 4.79 Å². The first kappa shape index (κ1) is 19.4. The molecule has 0 aliphatic heterocycles. The summed E-state index contributed by atoms with van der Waals surface area (Å²) in [4.78, 5) is 23.9. The molecule has 2 rings (SSSR count). The third-order valence-electron chi connectivity index (χ3n) is 3.43. The molecule has 0 fully saturated rings. The van der Waals surface area contributed by atoms with Gasteiger partial charge in [-0.2, -0.15) is 0 Å². The van der Waals surface area contributed by atoms with Crippen molar-refractivity contribution in [3.05, 3.63) is 53.6 Å². The van der Waals surface area contributed by atoms with Crippen molar-refractivity contribution >= 4 is 21.8 Å². The average Bonchev–Trinajstić information content (AvgIpc) is 2.64. The fourth-order valence-electron chi connectivity index (χ4n) is 2.12. The molecule has 0 saturated carbocycles. The molecule has 2 aromatic rings. The SMILES string of the molecule is COc1cccc(C(=O)COC(=O)c2ccc(OC)c(S(N)(=O)=O)c2)c1. The summed E-state index contributed by atoms with van der Waals surface area (Å²) < 4.78 is 38.0. The molecule has 0 radical (unpaired) electrons. The number of methoxy groups -OCH3 is 2. The third kappa shape index (κ3) is 4.58. The summed E-state index contributed by atoms with van der Waals surface area (Å²) in [6.07, 6.45) is 0. The summed E-state index contributed by atoms with van der Waals surface area (Å²) in [5, 5.41) is 5.10. The predicted octanol–water partition coefficient (Wildman–Crippen LogP) is 1.39. The van der Waals surface area contributed by atoms with Crippen molar-refractivity contribution in [3.63, 3.8) is 0 Å². The number of primary sulfonamides is 1. The van der Waals surface area contributed by atoms with Gasteiger partial charge in [-0.25, -0.2) is 18.4 Å². The lowest BCUT2D eigenvalue weighted by Crippen LogP contribution is -2.17. The highest BCUT2D eigenvalue weighted by atomic mass is 32.2. The Balaban J connectivity index is 2.14. The maximum absolute atomic E-state index is 12.1. The van der Waals surface area contributed by atoms with E-state index in [0.717, 1.165) is 6.07 Å². The average molecular weight is 379 g/mol. The minimum absolute atomic E-state index is 0.00323. The van der Waals surface area contributed by atoms with Crippen LogP contribution in [0.1, 0.15) is 20.7 Å². The van der Waals surface area contributed by atoms with Crippen molar-refractivity contribution in [2.24, 2.45) is 5.14 Å². The van der Waals surface area contributed by atoms with Crippen LogP contribution in [0, 0.1) is 0 Å². The molecule has 0 atom stereocenters. The molecule has 9 heteroatoms. The molecular formula is C17H17NO7S. The van der Waals surface area contributed by atoms with Crippen molar-refractivity contribution in [1.82, 2.24) is 0 Å². The highest BCUT2D eigenvalue weighted by Gasteiger charge is 2.19. The van der Waals surface area contributed by atoms with Crippen LogP contribution in [0.15, 0.2) is 47.4 Å². The van der Waals surface area contributed by atoms with Crippen LogP contribution in [-0.4, -0.2) is 41.0 Å². The fraction of sp³-hybridized carbons (Fsp3) is 0.176. The van der Waals surface area contributed by atoms with Gasteiger partial charge in [0.15, 0.2) is 12.4 Å². The maximum Gasteiger partial charge on any atom is 0.338 e. The summed E-state index contributed by atoms with van der Waals surface area (Å²) in [5.74, 6) is -0.808. The molecule has 2 aromatic carbocycles. The Morgan fingerprint density at radius 1 is 1.00 bits per heavy atom. The van der Waals surface area contributed by atoms with E-state index in [-0.39, 0.29) is 16.2 Å². The highest BCUT2D eigenvalue weighted by Crippen LogP contribution is 2.24. The van der Waals surface area contributed by atoms with Crippen LogP contribution in [0.25, 0.3) is 0 Å². The Bertz CT molecular complexity index is 938. The Labute approximate surface area is 150 Å². The van der Waals surface area contributed by atoms with E-state index in [2.05, 4.69) is 0 Å². The number of ketones is 1. The minimum atomic E-state index is -4.10. The topological polar surface area (TPSA) is 122 Å². The number of hydrogen-bond donors (Lipinski definition) is 1. The number of nitrogens with two attached hydrogens (primary N) is 1. The molecule has 8 nitrogen and oxygen atoms in total. The molecule has 0 aliphatic rings. The van der Waals surface area contributed by atoms with E-state index in [9.17, 15) is 18.0 Å². The molecule has 26 heavy (non-hydrogen) atoms. The normalized spacial score (nSPS) is 10.9. The molecule has 0 aliphatic carbocycles. The van der Waals surface area contributed by atoms with Crippen LogP contribution in [-0.2, 0) is 14.8 Å². The van der Waals surface area contributed by atoms with Crippen molar-refractivity contribution in [3.8, 4) is 11.5 Å². The van der Waals surface area contributed by atoms with Crippen LogP contribution in [0.4, 0.5) is 0 Å². The monoisotopic (exact) mass is 379 g/mol. The summed E-state index contributed by atoms with van der Waals surface area (Å²) in [7, 11) is -1.36. The number of Topliss-reactive ketones (excluding diaryl/α,β-unsaturated/α-hetero) is 1. The lowest BCUT2D eigenvalue weighted by atomic mass is 10.1. The van der Waals surface area contributed by atoms with E-state index in [0.29, 0.717) is 11.3 Å². The van der Waals surface area contributed by atoms with Crippen molar-refractivity contribution < 1.29 is 32.2 Å². The van der Waals surface area contributed by atoms with Crippen molar-refractivity contribution in [2.45, 2.75) is 4.90 Å². The Morgan fingerprint density at radius 2 is 1.73 bits per heavy atom. The second-order valence-corrected chi connectivity index (χ2v) is 6.67. The summed E-state index contributed by atoms with van der Waals surface area (Å²) >= 11 is 0. The third-order valence-corrected chi connectivity index (χ3v) is 4.36. The molecule has 0 spiro atoms. The first-order valence-corrected chi connectivity index (χ1v) is 8.86. The zero-order valence-corrected chi connectivity index (χ0v) is 14.9. The summed E-state index contributed by atoms with van der Waals surface area (Å²) in [5.41, 5.74) is 0.241. The van der Waals surface area contributed by atoms with Gasteiger partial charge in [0.05, 0.1) is 19.8 Å². The van der Waals surface area contributed by atoms with Crippen LogP contribution in [0.5, 0.6) is 11.5 Å². The lowest BCUT2D eigenvalue weighted by Gasteiger charge is -2.09. The number of esters is 1. The quantitative estimate of drug-likeness (QED) is 0.570. The van der Waals surface area contributed by atoms with Crippen LogP contribution in [0.3, 0.4) is 0 Å². The largest absolute Gasteiger partial charge is 0.497 e. The molecule has 0 bridgehead atoms. The number of carbonyl (C=O) groups is 2. The molecule has 138 valence electrons. The second-order valence-electron chi connectivity index (χ2n) is 5.14. The summed E-state index contributed by atoms with van der Waals surface area (Å²) in [6, 6.07) is 10.0. The number of carbonyl (C=O) groups excluding carboxylic acids is 2. The fourth-order valence-corrected chi connectivity index (χ4v) is 2.84. The van der Waals surface area contributed by atoms with Gasteiger partial charge in [0.25, 0.3) is 0 Å². The number of benzene rings is 2. The van der Waals surface area contributed by atoms with E-state index in [4.69, 9.17) is 19.3 Å². The van der Waals surface area contributed by atoms with Crippen LogP contribution < -0.4 is 14.6 Å². The Morgan fingerprint density at radius 3 is 2.35 bits per heavy atom. The highest BCUT2D eigenvalue weighted by molar-refractivity contribution is 7.89. The molecule has 0 aromatic heterocycles. The van der Waals surface area contributed by atoms with Crippen LogP contribution in [0.2, 0.25) is 0 Å². The molecule has 2 N–H and O–H groups in total. The maximum atomic E-state index is 12.1. The number of ether oxygens (including phenoxy) is 3. The van der Waals surface area contributed by atoms with Crippen molar-refractivity contribution in [1.29, 1.82) is 0 Å². The standard InChI is InChI=1S/C17H17NO7S/c1-23-13-5-3-4-11(8-13)14(19)10-25-17(20)12-6-7-15(24-2)16(9-12)26(18,21)22/h3-9H,10H2,1-2H3,(H2,18,21,22). The lowest BCUT2D eigenvalue weighted by molar-refractivity contribution is 0.0474. The molecular weight excluding hydrogens is 362 g/mol. The second kappa shape index (κ2) is 7.98. The number of rotatable bonds is 7. The van der Waals surface area contributed by atoms with Gasteiger partial charge in [-0.05, 0) is 30.3 Å². The molecule has 0 heterocycles. The van der Waals surface area contributed by atoms with Gasteiger partial charge in [0.1, 0.15) is 16.4 Å². The van der Waals surface area contributed by atoms with Gasteiger partial charge in [-0.1, -0.05) is 12.1 Å². The predicted molar refractivity (Wildman–Crippen MR) is 92.0 cm³/mol. The number of sulfonamides is 1. The smallest absolute Gasteiger partial charge is 0.338 e. The molecule has 0 unspecified atom stereocenters. The van der Waals surface area contributed by atoms with E-state index in [1.807, 2.05) is 0 Å². The minimum Gasteiger partial charge on any atom is -0.497 e. The zero-order chi connectivity index (χ0) is 19.3. The van der Waals surface area contributed by atoms with Gasteiger partial charge in [-0.15, -0.1) is 0 Å². The Kier molecular flexibility index (Phi) is 5.96. The zero-order valence-electron chi connectivity index (χ0n) is 14.1. The van der Waals surface area contributed by atoms with Crippen LogP contribution >= 0.6 is 0 Å². The van der Waals surface area contributed by atoms with E-state index in [1.54, 1.807) is 18.2 Å². The van der Waals surface area contributed by atoms with E-state index in [1.165, 1.54) is 32.4 Å². The number of hydrogen-bond acceptors (Lipinski definition) is 7. The van der Waals surface area contributed by atoms with E-state index >= 15 is 0 Å². The van der Waals surface area contributed by atoms with E-state index < -0.39 is 28.4 Å². The van der Waals surface area contributed by atoms with Crippen molar-refractivity contribution in [2.75, 3.05) is 20.8 Å². The van der Waals surface area contributed by atoms with Gasteiger partial charge >= 0.3 is 5.97 Å². The summed E-state index contributed by atoms with van der Waals surface area (Å²) in [6.45, 7) is -0.511. The Hall–Kier alpha value is -2.91. The van der Waals surface area contributed by atoms with Gasteiger partial charge < -0.3 is 14.2 Å². The first-order valence-electron chi connectivity index (χ1n) is 7.31. The molecule has 0 saturated heterocycles.